The van der Waals surface area contributed by atoms with Crippen molar-refractivity contribution in [1.29, 1.82) is 0 Å². The van der Waals surface area contributed by atoms with Gasteiger partial charge in [-0.05, 0) is 0 Å². The van der Waals surface area contributed by atoms with Gasteiger partial charge in [0.15, 0.2) is 11.6 Å². The molecule has 8 nitrogen and oxygen atoms in total. The predicted molar refractivity (Wildman–Crippen MR) is 57.0 cm³/mol. The number of H-pyrrole nitrogens is 2. The zero-order chi connectivity index (χ0) is 11.8. The Morgan fingerprint density at radius 1 is 1.24 bits per heavy atom. The Morgan fingerprint density at radius 3 is 2.94 bits per heavy atom. The van der Waals surface area contributed by atoms with Gasteiger partial charge in [0.25, 0.3) is 5.56 Å². The quantitative estimate of drug-likeness (QED) is 0.565. The molecule has 0 atom stereocenters. The molecule has 0 radical (unpaired) electrons. The minimum Gasteiger partial charge on any atom is -0.274 e. The highest BCUT2D eigenvalue weighted by Crippen LogP contribution is 2.13. The molecule has 1 aromatic heterocycles. The lowest BCUT2D eigenvalue weighted by Crippen LogP contribution is -2.28. The summed E-state index contributed by atoms with van der Waals surface area (Å²) in [6.07, 6.45) is 2.74. The van der Waals surface area contributed by atoms with Gasteiger partial charge < -0.3 is 0 Å². The fourth-order valence-electron chi connectivity index (χ4n) is 1.45. The zero-order valence-electron chi connectivity index (χ0n) is 8.41. The first-order valence-electron chi connectivity index (χ1n) is 4.72. The molecule has 1 aromatic rings. The van der Waals surface area contributed by atoms with Crippen molar-refractivity contribution in [2.45, 2.75) is 0 Å². The average Bonchev–Trinajstić information content (AvgIpc) is 2.75. The van der Waals surface area contributed by atoms with E-state index in [0.29, 0.717) is 17.3 Å². The minimum absolute atomic E-state index is 0.333. The molecule has 2 aliphatic heterocycles. The number of hydrogen-bond donors (Lipinski definition) is 2. The Kier molecular flexibility index (Phi) is 1.87. The van der Waals surface area contributed by atoms with E-state index in [9.17, 15) is 9.59 Å². The highest BCUT2D eigenvalue weighted by Gasteiger charge is 2.09. The largest absolute Gasteiger partial charge is 0.334 e. The molecule has 0 aromatic carbocycles. The van der Waals surface area contributed by atoms with Crippen LogP contribution in [0.25, 0.3) is 17.3 Å². The van der Waals surface area contributed by atoms with Crippen LogP contribution >= 0.6 is 0 Å². The minimum atomic E-state index is -0.558. The van der Waals surface area contributed by atoms with Crippen LogP contribution in [0.2, 0.25) is 0 Å². The summed E-state index contributed by atoms with van der Waals surface area (Å²) in [5.41, 5.74) is -0.422. The summed E-state index contributed by atoms with van der Waals surface area (Å²) in [6, 6.07) is 2.84. The lowest BCUT2D eigenvalue weighted by Gasteiger charge is -2.03. The van der Waals surface area contributed by atoms with Crippen LogP contribution in [-0.4, -0.2) is 29.7 Å². The van der Waals surface area contributed by atoms with Gasteiger partial charge in [0.05, 0.1) is 0 Å². The van der Waals surface area contributed by atoms with E-state index in [-0.39, 0.29) is 0 Å². The molecule has 0 fully saturated rings. The molecule has 0 spiro atoms. The number of rotatable bonds is 1. The van der Waals surface area contributed by atoms with Crippen LogP contribution in [-0.2, 0) is 0 Å². The van der Waals surface area contributed by atoms with E-state index in [2.05, 4.69) is 25.1 Å². The third-order valence-electron chi connectivity index (χ3n) is 2.24. The summed E-state index contributed by atoms with van der Waals surface area (Å²) in [5, 5.41) is 6.62. The second kappa shape index (κ2) is 3.37. The van der Waals surface area contributed by atoms with Crippen LogP contribution in [0.1, 0.15) is 0 Å². The Balaban J connectivity index is 2.24. The summed E-state index contributed by atoms with van der Waals surface area (Å²) in [6.45, 7) is 0. The Hall–Kier alpha value is -2.77. The van der Waals surface area contributed by atoms with Crippen molar-refractivity contribution >= 4 is 0 Å². The Morgan fingerprint density at radius 2 is 2.12 bits per heavy atom. The maximum Gasteiger partial charge on any atom is 0.334 e. The maximum absolute atomic E-state index is 11.5. The van der Waals surface area contributed by atoms with Crippen molar-refractivity contribution in [3.05, 3.63) is 45.5 Å². The summed E-state index contributed by atoms with van der Waals surface area (Å²) in [5.74, 6) is 0.866. The molecule has 3 heterocycles. The summed E-state index contributed by atoms with van der Waals surface area (Å²) >= 11 is 0. The predicted octanol–water partition coefficient (Wildman–Crippen LogP) is -0.856. The van der Waals surface area contributed by atoms with Gasteiger partial charge in [-0.1, -0.05) is 0 Å². The van der Waals surface area contributed by atoms with Gasteiger partial charge in [-0.2, -0.15) is 5.10 Å². The topological polar surface area (TPSA) is 109 Å². The van der Waals surface area contributed by atoms with Crippen LogP contribution in [0.15, 0.2) is 34.2 Å². The van der Waals surface area contributed by atoms with Gasteiger partial charge in [0, 0.05) is 18.3 Å². The standard InChI is InChI=1S/C9H6N6O2/c16-7-1-2-15(9(17)12-7)6-3-5-8(14-13-6)11-4-10-5/h1-4H,(H,10,11,14)(H,12,16,17). The van der Waals surface area contributed by atoms with Gasteiger partial charge in [-0.15, -0.1) is 0 Å². The molecule has 3 rings (SSSR count). The molecule has 2 aliphatic rings. The third-order valence-corrected chi connectivity index (χ3v) is 2.24. The van der Waals surface area contributed by atoms with Gasteiger partial charge in [-0.3, -0.25) is 19.4 Å². The molecule has 17 heavy (non-hydrogen) atoms. The van der Waals surface area contributed by atoms with E-state index >= 15 is 0 Å². The molecule has 0 saturated heterocycles. The van der Waals surface area contributed by atoms with Gasteiger partial charge in [0.1, 0.15) is 12.0 Å². The van der Waals surface area contributed by atoms with Crippen LogP contribution in [0.3, 0.4) is 0 Å². The zero-order valence-corrected chi connectivity index (χ0v) is 8.41. The molecular formula is C9H6N6O2. The molecule has 0 saturated carbocycles. The number of fused-ring (bicyclic) bond motifs is 1. The fraction of sp³-hybridized carbons (Fsp3) is 0. The van der Waals surface area contributed by atoms with Crippen molar-refractivity contribution < 1.29 is 0 Å². The smallest absolute Gasteiger partial charge is 0.274 e. The molecule has 0 aliphatic carbocycles. The van der Waals surface area contributed by atoms with Crippen molar-refractivity contribution in [2.24, 2.45) is 0 Å². The van der Waals surface area contributed by atoms with E-state index in [1.807, 2.05) is 0 Å². The molecule has 0 bridgehead atoms. The normalized spacial score (nSPS) is 10.8. The van der Waals surface area contributed by atoms with Crippen LogP contribution < -0.4 is 11.2 Å². The summed E-state index contributed by atoms with van der Waals surface area (Å²) in [4.78, 5) is 32.5. The lowest BCUT2D eigenvalue weighted by atomic mass is 10.4. The first-order chi connectivity index (χ1) is 8.24. The number of aromatic nitrogens is 6. The first kappa shape index (κ1) is 9.46. The van der Waals surface area contributed by atoms with E-state index in [0.717, 1.165) is 0 Å². The maximum atomic E-state index is 11.5. The number of hydrogen-bond acceptors (Lipinski definition) is 5. The first-order valence-corrected chi connectivity index (χ1v) is 4.72. The highest BCUT2D eigenvalue weighted by molar-refractivity contribution is 5.52. The molecule has 8 heteroatoms. The average molecular weight is 230 g/mol. The second-order valence-corrected chi connectivity index (χ2v) is 3.31. The van der Waals surface area contributed by atoms with Crippen molar-refractivity contribution in [3.63, 3.8) is 0 Å². The van der Waals surface area contributed by atoms with Gasteiger partial charge >= 0.3 is 5.69 Å². The monoisotopic (exact) mass is 230 g/mol. The second-order valence-electron chi connectivity index (χ2n) is 3.31. The number of nitrogens with zero attached hydrogens (tertiary/aromatic N) is 4. The van der Waals surface area contributed by atoms with Gasteiger partial charge in [0.2, 0.25) is 0 Å². The Labute approximate surface area is 93.3 Å². The van der Waals surface area contributed by atoms with Crippen LogP contribution in [0.5, 0.6) is 0 Å². The molecule has 2 N–H and O–H groups in total. The van der Waals surface area contributed by atoms with Crippen LogP contribution in [0.4, 0.5) is 0 Å². The molecule has 0 unspecified atom stereocenters. The number of nitrogens with one attached hydrogen (secondary N) is 2. The van der Waals surface area contributed by atoms with E-state index in [4.69, 9.17) is 0 Å². The van der Waals surface area contributed by atoms with Crippen molar-refractivity contribution in [2.75, 3.05) is 0 Å². The Bertz CT molecular complexity index is 754. The lowest BCUT2D eigenvalue weighted by molar-refractivity contribution is 0.832. The third kappa shape index (κ3) is 1.51. The summed E-state index contributed by atoms with van der Waals surface area (Å²) < 4.78 is 1.20. The van der Waals surface area contributed by atoms with Crippen molar-refractivity contribution in [1.82, 2.24) is 29.7 Å². The van der Waals surface area contributed by atoms with Gasteiger partial charge in [-0.25, -0.2) is 14.8 Å². The fourth-order valence-corrected chi connectivity index (χ4v) is 1.45. The molecule has 84 valence electrons. The summed E-state index contributed by atoms with van der Waals surface area (Å²) in [7, 11) is 0. The highest BCUT2D eigenvalue weighted by atomic mass is 16.2. The van der Waals surface area contributed by atoms with E-state index in [1.165, 1.54) is 23.2 Å². The molecule has 0 amide bonds. The van der Waals surface area contributed by atoms with E-state index < -0.39 is 11.2 Å². The number of aromatic amines is 2. The van der Waals surface area contributed by atoms with E-state index in [1.54, 1.807) is 6.07 Å². The van der Waals surface area contributed by atoms with Crippen molar-refractivity contribution in [3.8, 4) is 17.3 Å². The molecular weight excluding hydrogens is 224 g/mol. The SMILES string of the molecule is O=c1ccn(-c2cc3ncnc-3[nH]n2)c(=O)[nH]1. The van der Waals surface area contributed by atoms with Crippen LogP contribution in [0, 0.1) is 0 Å². The number of imidazole rings is 1.